The van der Waals surface area contributed by atoms with Crippen LogP contribution in [0.25, 0.3) is 10.8 Å². The molecule has 0 unspecified atom stereocenters. The third-order valence-electron chi connectivity index (χ3n) is 4.24. The molecule has 0 atom stereocenters. The molecule has 0 fully saturated rings. The highest BCUT2D eigenvalue weighted by molar-refractivity contribution is 14.1. The number of fused-ring (bicyclic) bond motifs is 1. The predicted octanol–water partition coefficient (Wildman–Crippen LogP) is 3.98. The fourth-order valence-electron chi connectivity index (χ4n) is 2.86. The molecular weight excluding hydrogens is 489 g/mol. The first-order valence-electron chi connectivity index (χ1n) is 8.39. The molecule has 0 aliphatic heterocycles. The van der Waals surface area contributed by atoms with Gasteiger partial charge in [-0.1, -0.05) is 24.3 Å². The molecular formula is C21H16INO6. The molecule has 3 rings (SSSR count). The second kappa shape index (κ2) is 8.48. The minimum Gasteiger partial charge on any atom is -0.506 e. The van der Waals surface area contributed by atoms with Crippen LogP contribution in [0.4, 0.5) is 5.69 Å². The van der Waals surface area contributed by atoms with Crippen molar-refractivity contribution >= 4 is 56.9 Å². The van der Waals surface area contributed by atoms with E-state index in [-0.39, 0.29) is 28.1 Å². The van der Waals surface area contributed by atoms with Crippen molar-refractivity contribution in [2.75, 3.05) is 19.5 Å². The number of amides is 1. The number of hydrogen-bond acceptors (Lipinski definition) is 6. The Bertz CT molecular complexity index is 1110. The van der Waals surface area contributed by atoms with Crippen LogP contribution in [0.1, 0.15) is 31.1 Å². The third-order valence-corrected chi connectivity index (χ3v) is 5.14. The Morgan fingerprint density at radius 1 is 0.897 bits per heavy atom. The SMILES string of the molecule is COC(=O)c1cc(NC(=O)c2cc(I)c3ccccc3c2O)cc(C(=O)OC)c1. The second-order valence-electron chi connectivity index (χ2n) is 6.04. The van der Waals surface area contributed by atoms with Crippen molar-refractivity contribution in [3.8, 4) is 5.75 Å². The first-order valence-corrected chi connectivity index (χ1v) is 9.47. The molecule has 148 valence electrons. The molecule has 2 N–H and O–H groups in total. The van der Waals surface area contributed by atoms with Gasteiger partial charge in [-0.3, -0.25) is 4.79 Å². The number of phenols is 1. The summed E-state index contributed by atoms with van der Waals surface area (Å²) >= 11 is 2.09. The first kappa shape index (κ1) is 20.6. The Morgan fingerprint density at radius 2 is 1.45 bits per heavy atom. The summed E-state index contributed by atoms with van der Waals surface area (Å²) in [6.45, 7) is 0. The zero-order valence-electron chi connectivity index (χ0n) is 15.5. The molecule has 0 aliphatic carbocycles. The summed E-state index contributed by atoms with van der Waals surface area (Å²) in [4.78, 5) is 36.6. The fourth-order valence-corrected chi connectivity index (χ4v) is 3.64. The number of aromatic hydroxyl groups is 1. The van der Waals surface area contributed by atoms with E-state index in [1.807, 2.05) is 12.1 Å². The van der Waals surface area contributed by atoms with Gasteiger partial charge < -0.3 is 19.9 Å². The van der Waals surface area contributed by atoms with Gasteiger partial charge in [-0.15, -0.1) is 0 Å². The summed E-state index contributed by atoms with van der Waals surface area (Å²) in [5.74, 6) is -2.09. The van der Waals surface area contributed by atoms with Gasteiger partial charge in [-0.05, 0) is 52.2 Å². The molecule has 0 saturated carbocycles. The number of nitrogens with one attached hydrogen (secondary N) is 1. The van der Waals surface area contributed by atoms with Crippen LogP contribution >= 0.6 is 22.6 Å². The first-order chi connectivity index (χ1) is 13.8. The lowest BCUT2D eigenvalue weighted by Crippen LogP contribution is -2.15. The van der Waals surface area contributed by atoms with E-state index in [1.165, 1.54) is 32.4 Å². The van der Waals surface area contributed by atoms with Crippen molar-refractivity contribution in [3.63, 3.8) is 0 Å². The maximum Gasteiger partial charge on any atom is 0.337 e. The number of methoxy groups -OCH3 is 2. The van der Waals surface area contributed by atoms with E-state index in [2.05, 4.69) is 37.4 Å². The number of anilines is 1. The lowest BCUT2D eigenvalue weighted by atomic mass is 10.0. The van der Waals surface area contributed by atoms with Crippen molar-refractivity contribution in [2.24, 2.45) is 0 Å². The highest BCUT2D eigenvalue weighted by atomic mass is 127. The minimum atomic E-state index is -0.672. The quantitative estimate of drug-likeness (QED) is 0.411. The molecule has 0 aliphatic rings. The maximum absolute atomic E-state index is 12.8. The molecule has 1 amide bonds. The average molecular weight is 505 g/mol. The van der Waals surface area contributed by atoms with Crippen LogP contribution in [0, 0.1) is 3.57 Å². The van der Waals surface area contributed by atoms with Gasteiger partial charge in [0.1, 0.15) is 5.75 Å². The summed E-state index contributed by atoms with van der Waals surface area (Å²) in [5.41, 5.74) is 0.392. The molecule has 0 aromatic heterocycles. The molecule has 3 aromatic carbocycles. The van der Waals surface area contributed by atoms with Gasteiger partial charge in [0.2, 0.25) is 0 Å². The zero-order chi connectivity index (χ0) is 21.1. The molecule has 0 spiro atoms. The molecule has 29 heavy (non-hydrogen) atoms. The lowest BCUT2D eigenvalue weighted by Gasteiger charge is -2.12. The molecule has 0 bridgehead atoms. The largest absolute Gasteiger partial charge is 0.506 e. The highest BCUT2D eigenvalue weighted by Gasteiger charge is 2.19. The van der Waals surface area contributed by atoms with Crippen molar-refractivity contribution in [3.05, 3.63) is 68.8 Å². The van der Waals surface area contributed by atoms with E-state index in [9.17, 15) is 19.5 Å². The van der Waals surface area contributed by atoms with Gasteiger partial charge >= 0.3 is 11.9 Å². The van der Waals surface area contributed by atoms with Crippen molar-refractivity contribution in [1.82, 2.24) is 0 Å². The van der Waals surface area contributed by atoms with E-state index in [0.29, 0.717) is 5.39 Å². The zero-order valence-corrected chi connectivity index (χ0v) is 17.6. The van der Waals surface area contributed by atoms with Gasteiger partial charge in [0, 0.05) is 14.6 Å². The topological polar surface area (TPSA) is 102 Å². The fraction of sp³-hybridized carbons (Fsp3) is 0.0952. The van der Waals surface area contributed by atoms with E-state index >= 15 is 0 Å². The monoisotopic (exact) mass is 505 g/mol. The Hall–Kier alpha value is -3.14. The van der Waals surface area contributed by atoms with Crippen LogP contribution in [-0.4, -0.2) is 37.2 Å². The van der Waals surface area contributed by atoms with E-state index in [4.69, 9.17) is 0 Å². The minimum absolute atomic E-state index is 0.0659. The Kier molecular flexibility index (Phi) is 6.02. The molecule has 0 heterocycles. The number of rotatable bonds is 4. The molecule has 8 heteroatoms. The predicted molar refractivity (Wildman–Crippen MR) is 115 cm³/mol. The van der Waals surface area contributed by atoms with Gasteiger partial charge in [-0.2, -0.15) is 0 Å². The summed E-state index contributed by atoms with van der Waals surface area (Å²) in [6, 6.07) is 12.8. The van der Waals surface area contributed by atoms with Gasteiger partial charge in [-0.25, -0.2) is 9.59 Å². The number of carbonyl (C=O) groups excluding carboxylic acids is 3. The number of phenolic OH excluding ortho intramolecular Hbond substituents is 1. The highest BCUT2D eigenvalue weighted by Crippen LogP contribution is 2.33. The second-order valence-corrected chi connectivity index (χ2v) is 7.20. The van der Waals surface area contributed by atoms with Crippen molar-refractivity contribution in [2.45, 2.75) is 0 Å². The third kappa shape index (κ3) is 4.16. The number of halogens is 1. The van der Waals surface area contributed by atoms with Gasteiger partial charge in [0.25, 0.3) is 5.91 Å². The number of benzene rings is 3. The maximum atomic E-state index is 12.8. The number of ether oxygens (including phenoxy) is 2. The van der Waals surface area contributed by atoms with Crippen LogP contribution in [0.15, 0.2) is 48.5 Å². The summed E-state index contributed by atoms with van der Waals surface area (Å²) in [7, 11) is 2.42. The molecule has 3 aromatic rings. The van der Waals surface area contributed by atoms with Crippen LogP contribution in [0.5, 0.6) is 5.75 Å². The van der Waals surface area contributed by atoms with Gasteiger partial charge in [0.05, 0.1) is 30.9 Å². The van der Waals surface area contributed by atoms with Crippen LogP contribution < -0.4 is 5.32 Å². The van der Waals surface area contributed by atoms with Crippen LogP contribution in [0.2, 0.25) is 0 Å². The molecule has 0 saturated heterocycles. The standard InChI is InChI=1S/C21H16INO6/c1-28-20(26)11-7-12(21(27)29-2)9-13(8-11)23-19(25)16-10-17(22)14-5-3-4-6-15(14)18(16)24/h3-10,24H,1-2H3,(H,23,25). The van der Waals surface area contributed by atoms with E-state index < -0.39 is 17.8 Å². The Balaban J connectivity index is 2.03. The smallest absolute Gasteiger partial charge is 0.337 e. The van der Waals surface area contributed by atoms with Gasteiger partial charge in [0.15, 0.2) is 0 Å². The number of hydrogen-bond donors (Lipinski definition) is 2. The van der Waals surface area contributed by atoms with E-state index in [0.717, 1.165) is 8.96 Å². The Labute approximate surface area is 179 Å². The van der Waals surface area contributed by atoms with Crippen LogP contribution in [0.3, 0.4) is 0 Å². The lowest BCUT2D eigenvalue weighted by molar-refractivity contribution is 0.0599. The number of carbonyl (C=O) groups is 3. The normalized spacial score (nSPS) is 10.4. The summed E-state index contributed by atoms with van der Waals surface area (Å²) in [5, 5.41) is 14.6. The molecule has 0 radical (unpaired) electrons. The summed E-state index contributed by atoms with van der Waals surface area (Å²) in [6.07, 6.45) is 0. The summed E-state index contributed by atoms with van der Waals surface area (Å²) < 4.78 is 10.2. The van der Waals surface area contributed by atoms with Crippen molar-refractivity contribution < 1.29 is 29.0 Å². The van der Waals surface area contributed by atoms with Crippen LogP contribution in [-0.2, 0) is 9.47 Å². The van der Waals surface area contributed by atoms with Crippen molar-refractivity contribution in [1.29, 1.82) is 0 Å². The Morgan fingerprint density at radius 3 is 2.00 bits per heavy atom. The average Bonchev–Trinajstić information content (AvgIpc) is 2.74. The molecule has 7 nitrogen and oxygen atoms in total. The number of esters is 2. The van der Waals surface area contributed by atoms with E-state index in [1.54, 1.807) is 18.2 Å².